The zero-order valence-electron chi connectivity index (χ0n) is 14.6. The molecule has 0 spiro atoms. The molecule has 1 fully saturated rings. The molecule has 5 nitrogen and oxygen atoms in total. The van der Waals surface area contributed by atoms with Crippen LogP contribution in [-0.4, -0.2) is 35.8 Å². The molecule has 2 amide bonds. The number of nitrogens with two attached hydrogens (primary N) is 1. The van der Waals surface area contributed by atoms with E-state index in [9.17, 15) is 9.59 Å². The summed E-state index contributed by atoms with van der Waals surface area (Å²) in [5.74, 6) is 0.532. The van der Waals surface area contributed by atoms with Crippen molar-refractivity contribution in [2.75, 3.05) is 18.4 Å². The Kier molecular flexibility index (Phi) is 7.70. The van der Waals surface area contributed by atoms with Gasteiger partial charge in [-0.25, -0.2) is 0 Å². The van der Waals surface area contributed by atoms with Gasteiger partial charge in [0.15, 0.2) is 0 Å². The summed E-state index contributed by atoms with van der Waals surface area (Å²) in [6, 6.07) is 7.20. The number of benzene rings is 1. The first kappa shape index (κ1) is 20.5. The molecule has 0 aliphatic carbocycles. The average Bonchev–Trinajstić information content (AvgIpc) is 2.54. The van der Waals surface area contributed by atoms with Crippen LogP contribution in [0.1, 0.15) is 44.0 Å². The number of piperidine rings is 1. The third kappa shape index (κ3) is 4.95. The van der Waals surface area contributed by atoms with Crippen molar-refractivity contribution in [1.82, 2.24) is 4.90 Å². The van der Waals surface area contributed by atoms with Gasteiger partial charge in [-0.3, -0.25) is 9.59 Å². The van der Waals surface area contributed by atoms with Gasteiger partial charge in [0.25, 0.3) is 5.91 Å². The summed E-state index contributed by atoms with van der Waals surface area (Å²) in [5.41, 5.74) is 7.19. The summed E-state index contributed by atoms with van der Waals surface area (Å²) in [7, 11) is 0. The highest BCUT2D eigenvalue weighted by molar-refractivity contribution is 5.96. The molecule has 1 heterocycles. The van der Waals surface area contributed by atoms with Crippen molar-refractivity contribution in [3.63, 3.8) is 0 Å². The predicted octanol–water partition coefficient (Wildman–Crippen LogP) is 2.90. The molecule has 2 rings (SSSR count). The summed E-state index contributed by atoms with van der Waals surface area (Å²) >= 11 is 0. The first-order chi connectivity index (χ1) is 10.9. The quantitative estimate of drug-likeness (QED) is 0.873. The second-order valence-electron chi connectivity index (χ2n) is 6.74. The second-order valence-corrected chi connectivity index (χ2v) is 6.74. The van der Waals surface area contributed by atoms with Crippen molar-refractivity contribution in [3.05, 3.63) is 29.8 Å². The van der Waals surface area contributed by atoms with E-state index in [0.29, 0.717) is 23.7 Å². The molecule has 1 aromatic rings. The fraction of sp³-hybridized carbons (Fsp3) is 0.556. The van der Waals surface area contributed by atoms with Crippen molar-refractivity contribution in [3.8, 4) is 0 Å². The third-order valence-electron chi connectivity index (χ3n) is 4.43. The van der Waals surface area contributed by atoms with Crippen LogP contribution in [0.25, 0.3) is 0 Å². The minimum Gasteiger partial charge on any atom is -0.334 e. The molecule has 134 valence electrons. The van der Waals surface area contributed by atoms with Crippen LogP contribution >= 0.6 is 12.4 Å². The lowest BCUT2D eigenvalue weighted by atomic mass is 9.92. The van der Waals surface area contributed by atoms with Gasteiger partial charge in [-0.15, -0.1) is 12.4 Å². The SMILES string of the molecule is CC1CCN(C(=O)c2ccc(NC(=O)C(C)C)cc2)C(CN)C1.Cl. The van der Waals surface area contributed by atoms with Gasteiger partial charge >= 0.3 is 0 Å². The molecule has 2 unspecified atom stereocenters. The Hall–Kier alpha value is -1.59. The monoisotopic (exact) mass is 353 g/mol. The topological polar surface area (TPSA) is 75.4 Å². The van der Waals surface area contributed by atoms with Crippen molar-refractivity contribution in [2.45, 2.75) is 39.7 Å². The van der Waals surface area contributed by atoms with Crippen LogP contribution in [0, 0.1) is 11.8 Å². The van der Waals surface area contributed by atoms with Crippen LogP contribution < -0.4 is 11.1 Å². The smallest absolute Gasteiger partial charge is 0.254 e. The minimum absolute atomic E-state index is 0. The lowest BCUT2D eigenvalue weighted by Crippen LogP contribution is -2.49. The van der Waals surface area contributed by atoms with Gasteiger partial charge in [0.05, 0.1) is 0 Å². The van der Waals surface area contributed by atoms with Crippen LogP contribution in [0.5, 0.6) is 0 Å². The van der Waals surface area contributed by atoms with Crippen LogP contribution in [0.3, 0.4) is 0 Å². The molecule has 0 bridgehead atoms. The highest BCUT2D eigenvalue weighted by Gasteiger charge is 2.29. The van der Waals surface area contributed by atoms with Gasteiger partial charge in [-0.2, -0.15) is 0 Å². The highest BCUT2D eigenvalue weighted by atomic mass is 35.5. The molecule has 24 heavy (non-hydrogen) atoms. The largest absolute Gasteiger partial charge is 0.334 e. The molecule has 0 aromatic heterocycles. The zero-order chi connectivity index (χ0) is 17.0. The molecule has 0 saturated carbocycles. The lowest BCUT2D eigenvalue weighted by molar-refractivity contribution is -0.118. The van der Waals surface area contributed by atoms with Crippen molar-refractivity contribution in [1.29, 1.82) is 0 Å². The Bertz CT molecular complexity index is 560. The number of hydrogen-bond acceptors (Lipinski definition) is 3. The van der Waals surface area contributed by atoms with E-state index >= 15 is 0 Å². The van der Waals surface area contributed by atoms with E-state index in [1.807, 2.05) is 18.7 Å². The number of amides is 2. The van der Waals surface area contributed by atoms with Crippen LogP contribution in [0.4, 0.5) is 5.69 Å². The van der Waals surface area contributed by atoms with E-state index in [0.717, 1.165) is 19.4 Å². The van der Waals surface area contributed by atoms with Crippen molar-refractivity contribution < 1.29 is 9.59 Å². The maximum absolute atomic E-state index is 12.7. The van der Waals surface area contributed by atoms with Crippen LogP contribution in [0.2, 0.25) is 0 Å². The molecule has 6 heteroatoms. The van der Waals surface area contributed by atoms with Gasteiger partial charge in [-0.1, -0.05) is 20.8 Å². The lowest BCUT2D eigenvalue weighted by Gasteiger charge is -2.38. The summed E-state index contributed by atoms with van der Waals surface area (Å²) in [6.45, 7) is 7.15. The Labute approximate surface area is 150 Å². The summed E-state index contributed by atoms with van der Waals surface area (Å²) in [4.78, 5) is 26.3. The van der Waals surface area contributed by atoms with E-state index in [1.165, 1.54) is 0 Å². The van der Waals surface area contributed by atoms with E-state index in [4.69, 9.17) is 5.73 Å². The molecule has 1 aliphatic heterocycles. The van der Waals surface area contributed by atoms with Gasteiger partial charge in [0.2, 0.25) is 5.91 Å². The normalized spacial score (nSPS) is 20.5. The number of hydrogen-bond donors (Lipinski definition) is 2. The van der Waals surface area contributed by atoms with Crippen LogP contribution in [-0.2, 0) is 4.79 Å². The Morgan fingerprint density at radius 3 is 2.46 bits per heavy atom. The second kappa shape index (κ2) is 9.04. The van der Waals surface area contributed by atoms with Crippen molar-refractivity contribution in [2.24, 2.45) is 17.6 Å². The molecule has 2 atom stereocenters. The van der Waals surface area contributed by atoms with E-state index < -0.39 is 0 Å². The first-order valence-corrected chi connectivity index (χ1v) is 8.34. The number of likely N-dealkylation sites (tertiary alicyclic amines) is 1. The fourth-order valence-electron chi connectivity index (χ4n) is 2.89. The predicted molar refractivity (Wildman–Crippen MR) is 99.4 cm³/mol. The van der Waals surface area contributed by atoms with Gasteiger partial charge in [0.1, 0.15) is 0 Å². The Morgan fingerprint density at radius 1 is 1.29 bits per heavy atom. The third-order valence-corrected chi connectivity index (χ3v) is 4.43. The van der Waals surface area contributed by atoms with E-state index in [1.54, 1.807) is 24.3 Å². The van der Waals surface area contributed by atoms with Gasteiger partial charge in [0, 0.05) is 36.3 Å². The van der Waals surface area contributed by atoms with E-state index in [2.05, 4.69) is 12.2 Å². The number of nitrogens with zero attached hydrogens (tertiary/aromatic N) is 1. The molecule has 0 radical (unpaired) electrons. The number of rotatable bonds is 4. The molecule has 1 aliphatic rings. The molecular weight excluding hydrogens is 326 g/mol. The fourth-order valence-corrected chi connectivity index (χ4v) is 2.89. The van der Waals surface area contributed by atoms with Crippen LogP contribution in [0.15, 0.2) is 24.3 Å². The number of anilines is 1. The first-order valence-electron chi connectivity index (χ1n) is 8.34. The standard InChI is InChI=1S/C18H27N3O2.ClH/c1-12(2)17(22)20-15-6-4-14(5-7-15)18(23)21-9-8-13(3)10-16(21)11-19;/h4-7,12-13,16H,8-11,19H2,1-3H3,(H,20,22);1H. The number of nitrogens with one attached hydrogen (secondary N) is 1. The number of carbonyl (C=O) groups excluding carboxylic acids is 2. The minimum atomic E-state index is -0.0723. The van der Waals surface area contributed by atoms with Gasteiger partial charge in [-0.05, 0) is 43.0 Å². The zero-order valence-corrected chi connectivity index (χ0v) is 15.4. The summed E-state index contributed by atoms with van der Waals surface area (Å²) in [5, 5.41) is 2.83. The molecule has 3 N–H and O–H groups in total. The average molecular weight is 354 g/mol. The molecule has 1 aromatic carbocycles. The number of halogens is 1. The maximum atomic E-state index is 12.7. The molecular formula is C18H28ClN3O2. The molecule has 1 saturated heterocycles. The van der Waals surface area contributed by atoms with E-state index in [-0.39, 0.29) is 36.2 Å². The highest BCUT2D eigenvalue weighted by Crippen LogP contribution is 2.24. The Balaban J connectivity index is 0.00000288. The van der Waals surface area contributed by atoms with Crippen molar-refractivity contribution >= 4 is 29.9 Å². The summed E-state index contributed by atoms with van der Waals surface area (Å²) < 4.78 is 0. The Morgan fingerprint density at radius 2 is 1.92 bits per heavy atom. The summed E-state index contributed by atoms with van der Waals surface area (Å²) in [6.07, 6.45) is 1.98. The maximum Gasteiger partial charge on any atom is 0.254 e. The van der Waals surface area contributed by atoms with Gasteiger partial charge < -0.3 is 16.0 Å². The number of carbonyl (C=O) groups is 2.